The number of aliphatic hydroxyl groups excluding tert-OH is 1. The molecule has 0 saturated carbocycles. The molecule has 3 heterocycles. The van der Waals surface area contributed by atoms with E-state index >= 15 is 0 Å². The lowest BCUT2D eigenvalue weighted by Crippen LogP contribution is -2.39. The van der Waals surface area contributed by atoms with Crippen LogP contribution in [0.3, 0.4) is 0 Å². The maximum Gasteiger partial charge on any atom is 0.226 e. The molecule has 0 spiro atoms. The minimum Gasteiger partial charge on any atom is -0.395 e. The quantitative estimate of drug-likeness (QED) is 0.542. The number of nitrogens with one attached hydrogen (secondary N) is 3. The number of fused-ring (bicyclic) bond motifs is 1. The monoisotopic (exact) mass is 307 g/mol. The number of morpholine rings is 1. The van der Waals surface area contributed by atoms with Crippen molar-refractivity contribution in [3.63, 3.8) is 0 Å². The fourth-order valence-corrected chi connectivity index (χ4v) is 2.37. The van der Waals surface area contributed by atoms with Gasteiger partial charge in [0.05, 0.1) is 26.1 Å². The first-order chi connectivity index (χ1) is 10.9. The first-order valence-corrected chi connectivity index (χ1v) is 7.46. The van der Waals surface area contributed by atoms with Crippen LogP contribution < -0.4 is 10.6 Å². The average Bonchev–Trinajstić information content (AvgIpc) is 3.02. The van der Waals surface area contributed by atoms with Gasteiger partial charge < -0.3 is 25.5 Å². The number of hydrogen-bond donors (Lipinski definition) is 4. The Morgan fingerprint density at radius 3 is 2.91 bits per heavy atom. The Labute approximate surface area is 128 Å². The van der Waals surface area contributed by atoms with Gasteiger partial charge in [-0.1, -0.05) is 0 Å². The topological polar surface area (TPSA) is 111 Å². The Hall–Kier alpha value is -1.97. The van der Waals surface area contributed by atoms with Gasteiger partial charge in [-0.2, -0.15) is 9.97 Å². The van der Waals surface area contributed by atoms with E-state index in [0.29, 0.717) is 24.0 Å². The summed E-state index contributed by atoms with van der Waals surface area (Å²) >= 11 is 0. The van der Waals surface area contributed by atoms with Crippen LogP contribution in [0.5, 0.6) is 0 Å². The third-order valence-electron chi connectivity index (χ3n) is 3.50. The van der Waals surface area contributed by atoms with Crippen molar-refractivity contribution in [2.75, 3.05) is 63.2 Å². The molecule has 0 amide bonds. The van der Waals surface area contributed by atoms with Gasteiger partial charge in [0, 0.05) is 32.7 Å². The van der Waals surface area contributed by atoms with Crippen LogP contribution in [-0.4, -0.2) is 82.5 Å². The van der Waals surface area contributed by atoms with Gasteiger partial charge in [-0.3, -0.25) is 4.90 Å². The molecule has 0 radical (unpaired) electrons. The van der Waals surface area contributed by atoms with E-state index in [1.165, 1.54) is 0 Å². The van der Waals surface area contributed by atoms with Gasteiger partial charge >= 0.3 is 0 Å². The Balaban J connectivity index is 1.62. The van der Waals surface area contributed by atoms with E-state index in [4.69, 9.17) is 9.84 Å². The largest absolute Gasteiger partial charge is 0.395 e. The van der Waals surface area contributed by atoms with Gasteiger partial charge in [0.2, 0.25) is 5.95 Å². The van der Waals surface area contributed by atoms with Crippen LogP contribution in [0.4, 0.5) is 11.8 Å². The van der Waals surface area contributed by atoms with Gasteiger partial charge in [0.1, 0.15) is 5.52 Å². The Kier molecular flexibility index (Phi) is 4.99. The fourth-order valence-electron chi connectivity index (χ4n) is 2.37. The normalized spacial score (nSPS) is 16.0. The van der Waals surface area contributed by atoms with E-state index in [1.54, 1.807) is 6.33 Å². The van der Waals surface area contributed by atoms with Crippen LogP contribution in [0.1, 0.15) is 0 Å². The molecule has 1 aliphatic heterocycles. The number of aliphatic hydroxyl groups is 1. The van der Waals surface area contributed by atoms with Crippen molar-refractivity contribution in [1.82, 2.24) is 24.8 Å². The summed E-state index contributed by atoms with van der Waals surface area (Å²) in [7, 11) is 0. The molecule has 0 bridgehead atoms. The van der Waals surface area contributed by atoms with Crippen LogP contribution in [0.15, 0.2) is 6.33 Å². The highest BCUT2D eigenvalue weighted by Crippen LogP contribution is 2.18. The third-order valence-corrected chi connectivity index (χ3v) is 3.50. The van der Waals surface area contributed by atoms with E-state index < -0.39 is 0 Å². The highest BCUT2D eigenvalue weighted by Gasteiger charge is 2.11. The number of ether oxygens (including phenoxy) is 1. The van der Waals surface area contributed by atoms with Crippen molar-refractivity contribution >= 4 is 22.9 Å². The molecule has 1 aliphatic rings. The molecule has 4 N–H and O–H groups in total. The van der Waals surface area contributed by atoms with Crippen molar-refractivity contribution in [2.45, 2.75) is 0 Å². The summed E-state index contributed by atoms with van der Waals surface area (Å²) in [6, 6.07) is 0. The van der Waals surface area contributed by atoms with E-state index in [2.05, 4.69) is 35.5 Å². The second-order valence-corrected chi connectivity index (χ2v) is 5.03. The minimum absolute atomic E-state index is 0.0411. The molecule has 120 valence electrons. The van der Waals surface area contributed by atoms with Gasteiger partial charge in [-0.15, -0.1) is 0 Å². The first kappa shape index (κ1) is 14.9. The smallest absolute Gasteiger partial charge is 0.226 e. The highest BCUT2D eigenvalue weighted by molar-refractivity contribution is 5.83. The summed E-state index contributed by atoms with van der Waals surface area (Å²) < 4.78 is 5.33. The number of aromatic amines is 1. The number of hydrogen-bond acceptors (Lipinski definition) is 8. The van der Waals surface area contributed by atoms with Crippen LogP contribution in [0, 0.1) is 0 Å². The fraction of sp³-hybridized carbons (Fsp3) is 0.615. The number of anilines is 2. The first-order valence-electron chi connectivity index (χ1n) is 7.46. The van der Waals surface area contributed by atoms with Crippen molar-refractivity contribution in [2.24, 2.45) is 0 Å². The maximum atomic E-state index is 8.94. The van der Waals surface area contributed by atoms with Crippen molar-refractivity contribution in [1.29, 1.82) is 0 Å². The predicted molar refractivity (Wildman–Crippen MR) is 83.0 cm³/mol. The van der Waals surface area contributed by atoms with Gasteiger partial charge in [-0.05, 0) is 0 Å². The minimum atomic E-state index is 0.0411. The van der Waals surface area contributed by atoms with Gasteiger partial charge in [0.25, 0.3) is 0 Å². The Morgan fingerprint density at radius 2 is 2.09 bits per heavy atom. The molecule has 9 nitrogen and oxygen atoms in total. The zero-order valence-corrected chi connectivity index (χ0v) is 12.4. The number of nitrogens with zero attached hydrogens (tertiary/aromatic N) is 4. The Morgan fingerprint density at radius 1 is 1.23 bits per heavy atom. The number of H-pyrrole nitrogens is 1. The lowest BCUT2D eigenvalue weighted by molar-refractivity contribution is 0.0398. The number of rotatable bonds is 7. The highest BCUT2D eigenvalue weighted by atomic mass is 16.5. The number of aromatic nitrogens is 4. The summed E-state index contributed by atoms with van der Waals surface area (Å²) in [5.41, 5.74) is 1.34. The molecule has 0 aliphatic carbocycles. The summed E-state index contributed by atoms with van der Waals surface area (Å²) in [5, 5.41) is 15.2. The lowest BCUT2D eigenvalue weighted by Gasteiger charge is -2.26. The standard InChI is InChI=1S/C13H21N7O2/c21-6-2-14-11-10-12(17-9-16-10)19-13(18-11)15-1-3-20-4-7-22-8-5-20/h9,21H,1-8H2,(H3,14,15,16,17,18,19). The van der Waals surface area contributed by atoms with Crippen LogP contribution in [0.25, 0.3) is 11.2 Å². The average molecular weight is 307 g/mol. The predicted octanol–water partition coefficient (Wildman–Crippen LogP) is -0.499. The summed E-state index contributed by atoms with van der Waals surface area (Å²) in [6.07, 6.45) is 1.58. The Bertz CT molecular complexity index is 597. The van der Waals surface area contributed by atoms with E-state index in [-0.39, 0.29) is 6.61 Å². The second kappa shape index (κ2) is 7.34. The molecule has 0 atom stereocenters. The van der Waals surface area contributed by atoms with Crippen LogP contribution >= 0.6 is 0 Å². The van der Waals surface area contributed by atoms with Gasteiger partial charge in [0.15, 0.2) is 11.5 Å². The molecule has 1 fully saturated rings. The van der Waals surface area contributed by atoms with Crippen molar-refractivity contribution in [3.8, 4) is 0 Å². The van der Waals surface area contributed by atoms with E-state index in [9.17, 15) is 0 Å². The zero-order valence-electron chi connectivity index (χ0n) is 12.4. The SMILES string of the molecule is OCCNc1nc(NCCN2CCOCC2)nc2nc[nH]c12. The van der Waals surface area contributed by atoms with Crippen molar-refractivity contribution < 1.29 is 9.84 Å². The summed E-state index contributed by atoms with van der Waals surface area (Å²) in [5.74, 6) is 1.18. The molecule has 2 aromatic heterocycles. The maximum absolute atomic E-state index is 8.94. The summed E-state index contributed by atoms with van der Waals surface area (Å²) in [4.78, 5) is 18.3. The molecule has 1 saturated heterocycles. The van der Waals surface area contributed by atoms with E-state index in [1.807, 2.05) is 0 Å². The second-order valence-electron chi connectivity index (χ2n) is 5.03. The molecule has 9 heteroatoms. The molecular weight excluding hydrogens is 286 g/mol. The molecule has 0 aromatic carbocycles. The summed E-state index contributed by atoms with van der Waals surface area (Å²) in [6.45, 7) is 5.67. The number of imidazole rings is 1. The van der Waals surface area contributed by atoms with Crippen LogP contribution in [-0.2, 0) is 4.74 Å². The van der Waals surface area contributed by atoms with Crippen molar-refractivity contribution in [3.05, 3.63) is 6.33 Å². The molecule has 2 aromatic rings. The zero-order chi connectivity index (χ0) is 15.2. The molecular formula is C13H21N7O2. The molecule has 0 unspecified atom stereocenters. The molecule has 3 rings (SSSR count). The molecule has 22 heavy (non-hydrogen) atoms. The van der Waals surface area contributed by atoms with E-state index in [0.717, 1.165) is 44.9 Å². The van der Waals surface area contributed by atoms with Crippen LogP contribution in [0.2, 0.25) is 0 Å². The third kappa shape index (κ3) is 3.62. The lowest BCUT2D eigenvalue weighted by atomic mass is 10.4. The van der Waals surface area contributed by atoms with Gasteiger partial charge in [-0.25, -0.2) is 4.98 Å².